The van der Waals surface area contributed by atoms with Gasteiger partial charge in [-0.25, -0.2) is 0 Å². The van der Waals surface area contributed by atoms with Crippen LogP contribution in [0, 0.1) is 0 Å². The molecule has 1 aromatic heterocycles. The second-order valence-corrected chi connectivity index (χ2v) is 9.92. The number of nitrogens with zero attached hydrogens (tertiary/aromatic N) is 2. The summed E-state index contributed by atoms with van der Waals surface area (Å²) in [4.78, 5) is 12.7. The summed E-state index contributed by atoms with van der Waals surface area (Å²) in [6.07, 6.45) is -0.628. The summed E-state index contributed by atoms with van der Waals surface area (Å²) >= 11 is 0. The predicted molar refractivity (Wildman–Crippen MR) is 158 cm³/mol. The van der Waals surface area contributed by atoms with Gasteiger partial charge in [0.1, 0.15) is 5.76 Å². The van der Waals surface area contributed by atoms with E-state index in [2.05, 4.69) is 24.3 Å². The second kappa shape index (κ2) is 11.4. The molecule has 4 nitrogen and oxygen atoms in total. The Kier molecular flexibility index (Phi) is 7.32. The molecule has 0 saturated heterocycles. The lowest BCUT2D eigenvalue weighted by Gasteiger charge is -2.24. The van der Waals surface area contributed by atoms with Crippen LogP contribution in [0.4, 0.5) is 18.9 Å². The first-order valence-electron chi connectivity index (χ1n) is 13.4. The highest BCUT2D eigenvalue weighted by molar-refractivity contribution is 6.05. The van der Waals surface area contributed by atoms with Gasteiger partial charge in [-0.2, -0.15) is 18.3 Å². The number of alkyl halides is 3. The van der Waals surface area contributed by atoms with Gasteiger partial charge in [0, 0.05) is 12.0 Å². The number of carbonyl (C=O) groups is 1. The molecule has 1 aliphatic heterocycles. The van der Waals surface area contributed by atoms with E-state index in [9.17, 15) is 18.0 Å². The van der Waals surface area contributed by atoms with E-state index in [1.54, 1.807) is 6.08 Å². The normalized spacial score (nSPS) is 15.3. The van der Waals surface area contributed by atoms with Gasteiger partial charge >= 0.3 is 6.18 Å². The van der Waals surface area contributed by atoms with Crippen molar-refractivity contribution in [1.29, 1.82) is 0 Å². The molecule has 4 aromatic carbocycles. The molecule has 0 radical (unpaired) electrons. The van der Waals surface area contributed by atoms with E-state index in [1.165, 1.54) is 35.9 Å². The first kappa shape index (κ1) is 27.0. The summed E-state index contributed by atoms with van der Waals surface area (Å²) < 4.78 is 44.8. The molecule has 1 unspecified atom stereocenters. The number of carbonyl (C=O) groups excluding carboxylic acids is 1. The number of furan rings is 1. The largest absolute Gasteiger partial charge is 0.453 e. The molecular weight excluding hydrogens is 537 g/mol. The van der Waals surface area contributed by atoms with Gasteiger partial charge in [0.2, 0.25) is 5.78 Å². The number of allylic oxidation sites excluding steroid dienone is 1. The highest BCUT2D eigenvalue weighted by atomic mass is 19.4. The fraction of sp³-hybridized carbons (Fsp3) is 0.0857. The molecule has 0 spiro atoms. The van der Waals surface area contributed by atoms with Crippen molar-refractivity contribution in [1.82, 2.24) is 0 Å². The van der Waals surface area contributed by atoms with Gasteiger partial charge in [-0.15, -0.1) is 0 Å². The lowest BCUT2D eigenvalue weighted by molar-refractivity contribution is -0.137. The van der Waals surface area contributed by atoms with Gasteiger partial charge in [-0.05, 0) is 59.2 Å². The van der Waals surface area contributed by atoms with E-state index < -0.39 is 17.5 Å². The molecule has 0 aliphatic carbocycles. The van der Waals surface area contributed by atoms with Crippen LogP contribution in [-0.4, -0.2) is 11.5 Å². The minimum Gasteiger partial charge on any atom is -0.453 e. The van der Waals surface area contributed by atoms with Crippen LogP contribution in [-0.2, 0) is 6.18 Å². The third kappa shape index (κ3) is 5.81. The molecule has 0 bridgehead atoms. The van der Waals surface area contributed by atoms with Crippen molar-refractivity contribution in [3.63, 3.8) is 0 Å². The second-order valence-electron chi connectivity index (χ2n) is 9.92. The maximum absolute atomic E-state index is 13.1. The SMILES string of the molecule is O=C(C=Cc1ccc(N2N=C(c3ccccc3)CC2c2ccccc2)cc1)c1ccc(-c2cccc(C(F)(F)F)c2)o1. The van der Waals surface area contributed by atoms with Gasteiger partial charge in [0.05, 0.1) is 23.0 Å². The van der Waals surface area contributed by atoms with Gasteiger partial charge in [0.15, 0.2) is 5.76 Å². The Morgan fingerprint density at radius 1 is 0.810 bits per heavy atom. The quantitative estimate of drug-likeness (QED) is 0.147. The Morgan fingerprint density at radius 3 is 2.21 bits per heavy atom. The predicted octanol–water partition coefficient (Wildman–Crippen LogP) is 9.22. The molecule has 7 heteroatoms. The number of hydrazone groups is 1. The summed E-state index contributed by atoms with van der Waals surface area (Å²) in [6, 6.07) is 36.0. The number of anilines is 1. The molecule has 0 N–H and O–H groups in total. The number of ketones is 1. The average Bonchev–Trinajstić information content (AvgIpc) is 3.70. The Bertz CT molecular complexity index is 1760. The number of rotatable bonds is 7. The smallest absolute Gasteiger partial charge is 0.416 e. The number of benzene rings is 4. The van der Waals surface area contributed by atoms with Gasteiger partial charge in [-0.3, -0.25) is 9.80 Å². The number of hydrogen-bond donors (Lipinski definition) is 0. The molecule has 1 atom stereocenters. The summed E-state index contributed by atoms with van der Waals surface area (Å²) in [7, 11) is 0. The third-order valence-corrected chi connectivity index (χ3v) is 7.11. The van der Waals surface area contributed by atoms with Crippen LogP contribution in [0.5, 0.6) is 0 Å². The number of halogens is 3. The topological polar surface area (TPSA) is 45.8 Å². The molecule has 0 saturated carbocycles. The highest BCUT2D eigenvalue weighted by Gasteiger charge is 2.31. The minimum atomic E-state index is -4.46. The molecule has 42 heavy (non-hydrogen) atoms. The molecular formula is C35H25F3N2O2. The van der Waals surface area contributed by atoms with E-state index in [0.29, 0.717) is 0 Å². The van der Waals surface area contributed by atoms with Gasteiger partial charge < -0.3 is 4.42 Å². The summed E-state index contributed by atoms with van der Waals surface area (Å²) in [6.45, 7) is 0. The summed E-state index contributed by atoms with van der Waals surface area (Å²) in [5.74, 6) is -0.157. The number of hydrogen-bond acceptors (Lipinski definition) is 4. The Morgan fingerprint density at radius 2 is 1.50 bits per heavy atom. The zero-order valence-corrected chi connectivity index (χ0v) is 22.3. The van der Waals surface area contributed by atoms with Gasteiger partial charge in [0.25, 0.3) is 0 Å². The van der Waals surface area contributed by atoms with Crippen molar-refractivity contribution in [2.24, 2.45) is 5.10 Å². The van der Waals surface area contributed by atoms with Crippen molar-refractivity contribution in [3.05, 3.63) is 155 Å². The zero-order chi connectivity index (χ0) is 29.1. The van der Waals surface area contributed by atoms with Crippen molar-refractivity contribution in [2.75, 3.05) is 5.01 Å². The highest BCUT2D eigenvalue weighted by Crippen LogP contribution is 2.37. The maximum atomic E-state index is 13.1. The Balaban J connectivity index is 1.19. The fourth-order valence-corrected chi connectivity index (χ4v) is 4.95. The standard InChI is InChI=1S/C35H25F3N2O2/c36-35(37,38)28-13-7-12-27(22-28)33-20-21-34(42-33)32(41)19-16-24-14-17-29(18-15-24)40-31(26-10-5-2-6-11-26)23-30(39-40)25-8-3-1-4-9-25/h1-22,31H,23H2. The van der Waals surface area contributed by atoms with Crippen LogP contribution in [0.25, 0.3) is 17.4 Å². The molecule has 208 valence electrons. The van der Waals surface area contributed by atoms with Crippen LogP contribution < -0.4 is 5.01 Å². The Hall–Kier alpha value is -5.17. The molecule has 1 aliphatic rings. The van der Waals surface area contributed by atoms with Crippen LogP contribution in [0.2, 0.25) is 0 Å². The van der Waals surface area contributed by atoms with E-state index in [-0.39, 0.29) is 23.1 Å². The van der Waals surface area contributed by atoms with Crippen molar-refractivity contribution in [3.8, 4) is 11.3 Å². The molecule has 6 rings (SSSR count). The molecule has 0 fully saturated rings. The van der Waals surface area contributed by atoms with E-state index >= 15 is 0 Å². The van der Waals surface area contributed by atoms with Crippen LogP contribution in [0.15, 0.2) is 137 Å². The van der Waals surface area contributed by atoms with Crippen LogP contribution >= 0.6 is 0 Å². The molecule has 2 heterocycles. The van der Waals surface area contributed by atoms with E-state index in [0.717, 1.165) is 41.1 Å². The minimum absolute atomic E-state index is 0.0424. The zero-order valence-electron chi connectivity index (χ0n) is 22.3. The van der Waals surface area contributed by atoms with E-state index in [1.807, 2.05) is 65.7 Å². The lowest BCUT2D eigenvalue weighted by Crippen LogP contribution is -2.18. The van der Waals surface area contributed by atoms with Crippen molar-refractivity contribution in [2.45, 2.75) is 18.6 Å². The molecule has 0 amide bonds. The molecule has 5 aromatic rings. The van der Waals surface area contributed by atoms with Crippen LogP contribution in [0.3, 0.4) is 0 Å². The van der Waals surface area contributed by atoms with Crippen LogP contribution in [0.1, 0.15) is 45.3 Å². The van der Waals surface area contributed by atoms with E-state index in [4.69, 9.17) is 9.52 Å². The Labute approximate surface area is 241 Å². The third-order valence-electron chi connectivity index (χ3n) is 7.11. The first-order chi connectivity index (χ1) is 20.3. The average molecular weight is 563 g/mol. The summed E-state index contributed by atoms with van der Waals surface area (Å²) in [5, 5.41) is 7.02. The van der Waals surface area contributed by atoms with Gasteiger partial charge in [-0.1, -0.05) is 91.0 Å². The van der Waals surface area contributed by atoms with Crippen molar-refractivity contribution >= 4 is 23.3 Å². The maximum Gasteiger partial charge on any atom is 0.416 e. The first-order valence-corrected chi connectivity index (χ1v) is 13.4. The lowest BCUT2D eigenvalue weighted by atomic mass is 9.98. The fourth-order valence-electron chi connectivity index (χ4n) is 4.95. The van der Waals surface area contributed by atoms with Crippen molar-refractivity contribution < 1.29 is 22.4 Å². The monoisotopic (exact) mass is 562 g/mol. The summed E-state index contributed by atoms with van der Waals surface area (Å²) in [5.41, 5.74) is 4.48.